The number of carbonyl (C=O) groups is 1. The minimum atomic E-state index is -5.00. The second-order valence-electron chi connectivity index (χ2n) is 3.48. The molecule has 0 saturated carbocycles. The van der Waals surface area contributed by atoms with Crippen molar-refractivity contribution in [2.75, 3.05) is 6.61 Å². The van der Waals surface area contributed by atoms with Gasteiger partial charge in [0, 0.05) is 10.0 Å². The highest BCUT2D eigenvalue weighted by atomic mass is 79.9. The van der Waals surface area contributed by atoms with Crippen molar-refractivity contribution in [3.8, 4) is 0 Å². The maximum Gasteiger partial charge on any atom is 0.416 e. The summed E-state index contributed by atoms with van der Waals surface area (Å²) in [5.41, 5.74) is -3.01. The van der Waals surface area contributed by atoms with Crippen molar-refractivity contribution in [2.24, 2.45) is 0 Å². The highest BCUT2D eigenvalue weighted by Crippen LogP contribution is 2.41. The maximum atomic E-state index is 13.7. The lowest BCUT2D eigenvalue weighted by Crippen LogP contribution is -2.31. The second-order valence-corrected chi connectivity index (χ2v) is 4.40. The van der Waals surface area contributed by atoms with Crippen LogP contribution in [-0.4, -0.2) is 12.6 Å². The Labute approximate surface area is 113 Å². The molecule has 1 rings (SSSR count). The van der Waals surface area contributed by atoms with Crippen molar-refractivity contribution in [2.45, 2.75) is 19.0 Å². The van der Waals surface area contributed by atoms with E-state index in [-0.39, 0.29) is 11.1 Å². The van der Waals surface area contributed by atoms with Crippen LogP contribution in [0.4, 0.5) is 22.0 Å². The van der Waals surface area contributed by atoms with Crippen molar-refractivity contribution in [1.29, 1.82) is 0 Å². The largest absolute Gasteiger partial charge is 0.461 e. The Morgan fingerprint density at radius 3 is 2.26 bits per heavy atom. The number of hydrogen-bond donors (Lipinski definition) is 0. The van der Waals surface area contributed by atoms with Gasteiger partial charge in [0.1, 0.15) is 0 Å². The van der Waals surface area contributed by atoms with Gasteiger partial charge in [0.15, 0.2) is 0 Å². The number of ether oxygens (including phenoxy) is 1. The van der Waals surface area contributed by atoms with E-state index in [1.54, 1.807) is 0 Å². The van der Waals surface area contributed by atoms with Gasteiger partial charge in [0.05, 0.1) is 12.2 Å². The van der Waals surface area contributed by atoms with Gasteiger partial charge in [-0.2, -0.15) is 22.0 Å². The lowest BCUT2D eigenvalue weighted by Gasteiger charge is -2.20. The van der Waals surface area contributed by atoms with Crippen LogP contribution in [0.5, 0.6) is 0 Å². The number of esters is 1. The Morgan fingerprint density at radius 1 is 1.21 bits per heavy atom. The van der Waals surface area contributed by atoms with Gasteiger partial charge in [-0.15, -0.1) is 0 Å². The number of rotatable bonds is 3. The molecular weight excluding hydrogens is 339 g/mol. The zero-order chi connectivity index (χ0) is 14.8. The molecule has 0 aliphatic heterocycles. The third-order valence-corrected chi connectivity index (χ3v) is 2.65. The third-order valence-electron chi connectivity index (χ3n) is 2.16. The van der Waals surface area contributed by atoms with E-state index in [4.69, 9.17) is 0 Å². The molecule has 2 nitrogen and oxygen atoms in total. The fraction of sp³-hybridized carbons (Fsp3) is 0.364. The first-order valence-corrected chi connectivity index (χ1v) is 5.82. The van der Waals surface area contributed by atoms with Gasteiger partial charge in [-0.05, 0) is 19.1 Å². The lowest BCUT2D eigenvalue weighted by atomic mass is 10.0. The van der Waals surface area contributed by atoms with Crippen LogP contribution in [0.1, 0.15) is 18.1 Å². The van der Waals surface area contributed by atoms with Crippen LogP contribution in [-0.2, 0) is 21.6 Å². The fourth-order valence-electron chi connectivity index (χ4n) is 1.36. The zero-order valence-corrected chi connectivity index (χ0v) is 11.1. The summed E-state index contributed by atoms with van der Waals surface area (Å²) in [7, 11) is 0. The van der Waals surface area contributed by atoms with Gasteiger partial charge in [-0.25, -0.2) is 4.79 Å². The highest BCUT2D eigenvalue weighted by molar-refractivity contribution is 9.10. The Morgan fingerprint density at radius 2 is 1.79 bits per heavy atom. The van der Waals surface area contributed by atoms with Gasteiger partial charge in [0.2, 0.25) is 0 Å². The molecule has 0 N–H and O–H groups in total. The van der Waals surface area contributed by atoms with Crippen LogP contribution in [0.3, 0.4) is 0 Å². The average molecular weight is 347 g/mol. The Bertz CT molecular complexity index is 484. The molecule has 0 atom stereocenters. The van der Waals surface area contributed by atoms with Crippen molar-refractivity contribution < 1.29 is 31.5 Å². The van der Waals surface area contributed by atoms with Gasteiger partial charge >= 0.3 is 18.1 Å². The monoisotopic (exact) mass is 346 g/mol. The quantitative estimate of drug-likeness (QED) is 0.607. The van der Waals surface area contributed by atoms with E-state index in [0.29, 0.717) is 12.1 Å². The van der Waals surface area contributed by atoms with Crippen molar-refractivity contribution >= 4 is 21.9 Å². The van der Waals surface area contributed by atoms with E-state index < -0.39 is 29.2 Å². The number of benzene rings is 1. The molecule has 0 radical (unpaired) electrons. The lowest BCUT2D eigenvalue weighted by molar-refractivity contribution is -0.175. The van der Waals surface area contributed by atoms with Crippen LogP contribution < -0.4 is 0 Å². The molecule has 0 heterocycles. The van der Waals surface area contributed by atoms with E-state index in [1.165, 1.54) is 6.92 Å². The summed E-state index contributed by atoms with van der Waals surface area (Å²) in [6, 6.07) is 2.03. The number of alkyl halides is 5. The van der Waals surface area contributed by atoms with E-state index >= 15 is 0 Å². The van der Waals surface area contributed by atoms with Gasteiger partial charge < -0.3 is 4.74 Å². The van der Waals surface area contributed by atoms with E-state index in [2.05, 4.69) is 20.7 Å². The SMILES string of the molecule is CCOC(=O)C(F)(F)c1ccc(Br)cc1C(F)(F)F. The third kappa shape index (κ3) is 3.43. The molecule has 0 saturated heterocycles. The number of halogens is 6. The number of carbonyl (C=O) groups excluding carboxylic acids is 1. The second kappa shape index (κ2) is 5.44. The van der Waals surface area contributed by atoms with Crippen LogP contribution in [0.25, 0.3) is 0 Å². The molecule has 0 aliphatic carbocycles. The molecule has 106 valence electrons. The smallest absolute Gasteiger partial charge is 0.416 e. The Hall–Kier alpha value is -1.18. The summed E-state index contributed by atoms with van der Waals surface area (Å²) in [5.74, 6) is -6.37. The first kappa shape index (κ1) is 15.9. The van der Waals surface area contributed by atoms with Gasteiger partial charge in [-0.1, -0.05) is 22.0 Å². The van der Waals surface area contributed by atoms with E-state index in [1.807, 2.05) is 0 Å². The molecule has 0 unspecified atom stereocenters. The summed E-state index contributed by atoms with van der Waals surface area (Å²) >= 11 is 2.76. The van der Waals surface area contributed by atoms with Crippen molar-refractivity contribution in [1.82, 2.24) is 0 Å². The Balaban J connectivity index is 3.38. The Kier molecular flexibility index (Phi) is 4.54. The first-order valence-electron chi connectivity index (χ1n) is 5.03. The fourth-order valence-corrected chi connectivity index (χ4v) is 1.72. The van der Waals surface area contributed by atoms with E-state index in [9.17, 15) is 26.7 Å². The van der Waals surface area contributed by atoms with Crippen molar-refractivity contribution in [3.05, 3.63) is 33.8 Å². The molecule has 0 fully saturated rings. The van der Waals surface area contributed by atoms with Gasteiger partial charge in [-0.3, -0.25) is 0 Å². The molecule has 0 bridgehead atoms. The average Bonchev–Trinajstić information content (AvgIpc) is 2.27. The molecular formula is C11H8BrF5O2. The summed E-state index contributed by atoms with van der Waals surface area (Å²) in [6.07, 6.45) is -5.00. The summed E-state index contributed by atoms with van der Waals surface area (Å²) in [4.78, 5) is 11.1. The molecule has 0 spiro atoms. The van der Waals surface area contributed by atoms with Crippen molar-refractivity contribution in [3.63, 3.8) is 0 Å². The zero-order valence-electron chi connectivity index (χ0n) is 9.52. The summed E-state index contributed by atoms with van der Waals surface area (Å²) < 4.78 is 69.5. The number of hydrogen-bond acceptors (Lipinski definition) is 2. The minimum absolute atomic E-state index is 0.0248. The normalized spacial score (nSPS) is 12.4. The molecule has 1 aromatic rings. The standard InChI is InChI=1S/C11H8BrF5O2/c1-2-19-9(18)10(13,14)7-4-3-6(12)5-8(7)11(15,16)17/h3-5H,2H2,1H3. The molecule has 0 amide bonds. The topological polar surface area (TPSA) is 26.3 Å². The maximum absolute atomic E-state index is 13.7. The highest BCUT2D eigenvalue weighted by Gasteiger charge is 2.49. The molecule has 19 heavy (non-hydrogen) atoms. The van der Waals surface area contributed by atoms with Crippen LogP contribution in [0.2, 0.25) is 0 Å². The minimum Gasteiger partial charge on any atom is -0.461 e. The summed E-state index contributed by atoms with van der Waals surface area (Å²) in [5, 5.41) is 0. The molecule has 8 heteroatoms. The molecule has 1 aromatic carbocycles. The predicted octanol–water partition coefficient (Wildman–Crippen LogP) is 4.12. The predicted molar refractivity (Wildman–Crippen MR) is 59.7 cm³/mol. The van der Waals surface area contributed by atoms with Crippen LogP contribution in [0, 0.1) is 0 Å². The van der Waals surface area contributed by atoms with Gasteiger partial charge in [0.25, 0.3) is 0 Å². The molecule has 0 aromatic heterocycles. The summed E-state index contributed by atoms with van der Waals surface area (Å²) in [6.45, 7) is 0.923. The van der Waals surface area contributed by atoms with Crippen LogP contribution in [0.15, 0.2) is 22.7 Å². The first-order chi connectivity index (χ1) is 8.60. The molecule has 0 aliphatic rings. The van der Waals surface area contributed by atoms with E-state index in [0.717, 1.165) is 6.07 Å². The van der Waals surface area contributed by atoms with Crippen LogP contribution >= 0.6 is 15.9 Å².